The number of benzene rings is 1. The van der Waals surface area contributed by atoms with Crippen molar-refractivity contribution in [2.24, 2.45) is 5.92 Å². The standard InChI is InChI=1S/C14H17N5O2/c20-7-5-10-4-6-19(9-10)14(21)12-3-1-2-11(8-12)13-15-17-18-16-13/h1-3,8,10,20H,4-7,9H2,(H,15,16,17,18). The van der Waals surface area contributed by atoms with Gasteiger partial charge in [-0.25, -0.2) is 0 Å². The number of carbonyl (C=O) groups excluding carboxylic acids is 1. The first-order valence-corrected chi connectivity index (χ1v) is 7.02. The first-order valence-electron chi connectivity index (χ1n) is 7.02. The molecule has 1 atom stereocenters. The summed E-state index contributed by atoms with van der Waals surface area (Å²) < 4.78 is 0. The van der Waals surface area contributed by atoms with Gasteiger partial charge in [-0.05, 0) is 36.1 Å². The highest BCUT2D eigenvalue weighted by molar-refractivity contribution is 5.95. The number of aliphatic hydroxyl groups is 1. The summed E-state index contributed by atoms with van der Waals surface area (Å²) in [5.74, 6) is 0.893. The van der Waals surface area contributed by atoms with E-state index in [2.05, 4.69) is 20.6 Å². The summed E-state index contributed by atoms with van der Waals surface area (Å²) in [5, 5.41) is 22.8. The lowest BCUT2D eigenvalue weighted by Crippen LogP contribution is -2.28. The van der Waals surface area contributed by atoms with Gasteiger partial charge < -0.3 is 10.0 Å². The van der Waals surface area contributed by atoms with Gasteiger partial charge >= 0.3 is 0 Å². The maximum absolute atomic E-state index is 12.5. The van der Waals surface area contributed by atoms with Crippen LogP contribution in [0.1, 0.15) is 23.2 Å². The molecule has 1 saturated heterocycles. The van der Waals surface area contributed by atoms with Gasteiger partial charge in [0.25, 0.3) is 5.91 Å². The van der Waals surface area contributed by atoms with Crippen molar-refractivity contribution in [1.82, 2.24) is 25.5 Å². The lowest BCUT2D eigenvalue weighted by molar-refractivity contribution is 0.0785. The number of aromatic nitrogens is 4. The molecule has 7 heteroatoms. The molecule has 0 aliphatic carbocycles. The number of nitrogens with zero attached hydrogens (tertiary/aromatic N) is 4. The Morgan fingerprint density at radius 3 is 3.14 bits per heavy atom. The van der Waals surface area contributed by atoms with Gasteiger partial charge in [-0.3, -0.25) is 4.79 Å². The van der Waals surface area contributed by atoms with Gasteiger partial charge in [0.15, 0.2) is 0 Å². The van der Waals surface area contributed by atoms with Crippen molar-refractivity contribution < 1.29 is 9.90 Å². The molecule has 1 aromatic heterocycles. The van der Waals surface area contributed by atoms with Crippen molar-refractivity contribution in [3.8, 4) is 11.4 Å². The number of hydrogen-bond donors (Lipinski definition) is 2. The second-order valence-electron chi connectivity index (χ2n) is 5.23. The molecule has 1 aromatic carbocycles. The van der Waals surface area contributed by atoms with E-state index in [4.69, 9.17) is 5.11 Å². The Balaban J connectivity index is 1.75. The van der Waals surface area contributed by atoms with Gasteiger partial charge in [0.2, 0.25) is 5.82 Å². The summed E-state index contributed by atoms with van der Waals surface area (Å²) >= 11 is 0. The number of hydrogen-bond acceptors (Lipinski definition) is 5. The number of likely N-dealkylation sites (tertiary alicyclic amines) is 1. The van der Waals surface area contributed by atoms with Crippen LogP contribution in [0.4, 0.5) is 0 Å². The van der Waals surface area contributed by atoms with Crippen molar-refractivity contribution in [1.29, 1.82) is 0 Å². The molecule has 0 saturated carbocycles. The fraction of sp³-hybridized carbons (Fsp3) is 0.429. The predicted molar refractivity (Wildman–Crippen MR) is 75.3 cm³/mol. The lowest BCUT2D eigenvalue weighted by Gasteiger charge is -2.16. The van der Waals surface area contributed by atoms with E-state index in [1.807, 2.05) is 17.0 Å². The third-order valence-electron chi connectivity index (χ3n) is 3.82. The monoisotopic (exact) mass is 287 g/mol. The fourth-order valence-electron chi connectivity index (χ4n) is 2.69. The van der Waals surface area contributed by atoms with E-state index in [-0.39, 0.29) is 12.5 Å². The highest BCUT2D eigenvalue weighted by atomic mass is 16.3. The largest absolute Gasteiger partial charge is 0.396 e. The molecule has 1 fully saturated rings. The summed E-state index contributed by atoms with van der Waals surface area (Å²) in [6.45, 7) is 1.64. The number of tetrazole rings is 1. The smallest absolute Gasteiger partial charge is 0.253 e. The summed E-state index contributed by atoms with van der Waals surface area (Å²) in [4.78, 5) is 14.4. The van der Waals surface area contributed by atoms with Gasteiger partial charge in [-0.15, -0.1) is 10.2 Å². The van der Waals surface area contributed by atoms with E-state index in [1.165, 1.54) is 0 Å². The molecule has 2 aromatic rings. The lowest BCUT2D eigenvalue weighted by atomic mass is 10.1. The van der Waals surface area contributed by atoms with E-state index < -0.39 is 0 Å². The van der Waals surface area contributed by atoms with Crippen molar-refractivity contribution in [2.45, 2.75) is 12.8 Å². The van der Waals surface area contributed by atoms with Gasteiger partial charge in [0, 0.05) is 30.8 Å². The molecule has 1 amide bonds. The number of H-pyrrole nitrogens is 1. The van der Waals surface area contributed by atoms with Gasteiger partial charge in [-0.2, -0.15) is 5.21 Å². The average molecular weight is 287 g/mol. The molecule has 0 bridgehead atoms. The Bertz CT molecular complexity index is 614. The zero-order chi connectivity index (χ0) is 14.7. The van der Waals surface area contributed by atoms with Crippen LogP contribution in [0.15, 0.2) is 24.3 Å². The normalized spacial score (nSPS) is 18.1. The maximum atomic E-state index is 12.5. The maximum Gasteiger partial charge on any atom is 0.253 e. The number of aromatic amines is 1. The number of rotatable bonds is 4. The summed E-state index contributed by atoms with van der Waals surface area (Å²) in [7, 11) is 0. The predicted octanol–water partition coefficient (Wildman–Crippen LogP) is 0.711. The van der Waals surface area contributed by atoms with Gasteiger partial charge in [0.05, 0.1) is 0 Å². The minimum Gasteiger partial charge on any atom is -0.396 e. The Hall–Kier alpha value is -2.28. The van der Waals surface area contributed by atoms with E-state index in [1.54, 1.807) is 12.1 Å². The molecule has 2 heterocycles. The third kappa shape index (κ3) is 2.92. The summed E-state index contributed by atoms with van der Waals surface area (Å²) in [5.41, 5.74) is 1.39. The van der Waals surface area contributed by atoms with Gasteiger partial charge in [-0.1, -0.05) is 12.1 Å². The molecule has 21 heavy (non-hydrogen) atoms. The molecule has 0 spiro atoms. The van der Waals surface area contributed by atoms with Gasteiger partial charge in [0.1, 0.15) is 0 Å². The highest BCUT2D eigenvalue weighted by Gasteiger charge is 2.26. The van der Waals surface area contributed by atoms with E-state index >= 15 is 0 Å². The highest BCUT2D eigenvalue weighted by Crippen LogP contribution is 2.22. The average Bonchev–Trinajstić information content (AvgIpc) is 3.18. The number of aliphatic hydroxyl groups excluding tert-OH is 1. The quantitative estimate of drug-likeness (QED) is 0.863. The second-order valence-corrected chi connectivity index (χ2v) is 5.23. The Morgan fingerprint density at radius 2 is 2.38 bits per heavy atom. The topological polar surface area (TPSA) is 95.0 Å². The number of carbonyl (C=O) groups is 1. The zero-order valence-corrected chi connectivity index (χ0v) is 11.6. The van der Waals surface area contributed by atoms with Crippen LogP contribution in [0.25, 0.3) is 11.4 Å². The first-order chi connectivity index (χ1) is 10.3. The van der Waals surface area contributed by atoms with Crippen LogP contribution in [0.3, 0.4) is 0 Å². The molecular formula is C14H17N5O2. The Labute approximate surface area is 122 Å². The van der Waals surface area contributed by atoms with E-state index in [9.17, 15) is 4.79 Å². The van der Waals surface area contributed by atoms with Crippen LogP contribution >= 0.6 is 0 Å². The zero-order valence-electron chi connectivity index (χ0n) is 11.6. The van der Waals surface area contributed by atoms with Crippen molar-refractivity contribution in [3.63, 3.8) is 0 Å². The number of nitrogens with one attached hydrogen (secondary N) is 1. The van der Waals surface area contributed by atoms with E-state index in [0.717, 1.165) is 24.9 Å². The van der Waals surface area contributed by atoms with Crippen molar-refractivity contribution in [3.05, 3.63) is 29.8 Å². The van der Waals surface area contributed by atoms with Crippen LogP contribution in [0.5, 0.6) is 0 Å². The number of amides is 1. The fourth-order valence-corrected chi connectivity index (χ4v) is 2.69. The molecule has 1 unspecified atom stereocenters. The molecule has 7 nitrogen and oxygen atoms in total. The van der Waals surface area contributed by atoms with Crippen LogP contribution in [0.2, 0.25) is 0 Å². The van der Waals surface area contributed by atoms with E-state index in [0.29, 0.717) is 23.9 Å². The third-order valence-corrected chi connectivity index (χ3v) is 3.82. The molecule has 1 aliphatic rings. The van der Waals surface area contributed by atoms with Crippen LogP contribution in [-0.2, 0) is 0 Å². The Kier molecular flexibility index (Phi) is 3.92. The van der Waals surface area contributed by atoms with Crippen molar-refractivity contribution in [2.75, 3.05) is 19.7 Å². The molecule has 2 N–H and O–H groups in total. The SMILES string of the molecule is O=C(c1cccc(-c2nn[nH]n2)c1)N1CCC(CCO)C1. The molecule has 1 aliphatic heterocycles. The molecule has 0 radical (unpaired) electrons. The van der Waals surface area contributed by atoms with Crippen molar-refractivity contribution >= 4 is 5.91 Å². The Morgan fingerprint density at radius 1 is 1.48 bits per heavy atom. The minimum atomic E-state index is 0.0146. The van der Waals surface area contributed by atoms with Crippen LogP contribution in [-0.4, -0.2) is 56.2 Å². The molecule has 3 rings (SSSR count). The second kappa shape index (κ2) is 6.01. The minimum absolute atomic E-state index is 0.0146. The molecular weight excluding hydrogens is 270 g/mol. The van der Waals surface area contributed by atoms with Crippen LogP contribution in [0, 0.1) is 5.92 Å². The summed E-state index contributed by atoms with van der Waals surface area (Å²) in [6.07, 6.45) is 1.71. The first kappa shape index (κ1) is 13.7. The molecule has 110 valence electrons. The van der Waals surface area contributed by atoms with Crippen LogP contribution < -0.4 is 0 Å². The summed E-state index contributed by atoms with van der Waals surface area (Å²) in [6, 6.07) is 7.25.